The van der Waals surface area contributed by atoms with E-state index in [9.17, 15) is 4.79 Å². The topological polar surface area (TPSA) is 71.8 Å². The van der Waals surface area contributed by atoms with Crippen molar-refractivity contribution >= 4 is 17.4 Å². The number of nitrogens with zero attached hydrogens (tertiary/aromatic N) is 3. The largest absolute Gasteiger partial charge is 0.370 e. The van der Waals surface area contributed by atoms with Crippen molar-refractivity contribution in [3.63, 3.8) is 0 Å². The monoisotopic (exact) mass is 259 g/mol. The number of carbonyl (C=O) groups is 1. The van der Waals surface area contributed by atoms with E-state index in [1.807, 2.05) is 12.1 Å². The number of nitrogens with one attached hydrogen (secondary N) is 2. The van der Waals surface area contributed by atoms with Gasteiger partial charge in [0.2, 0.25) is 0 Å². The average Bonchev–Trinajstić information content (AvgIpc) is 2.82. The second kappa shape index (κ2) is 5.99. The van der Waals surface area contributed by atoms with Crippen molar-refractivity contribution in [1.29, 1.82) is 0 Å². The van der Waals surface area contributed by atoms with Gasteiger partial charge in [0.05, 0.1) is 11.9 Å². The van der Waals surface area contributed by atoms with Crippen LogP contribution in [-0.2, 0) is 7.05 Å². The van der Waals surface area contributed by atoms with Crippen LogP contribution in [0.3, 0.4) is 0 Å². The first-order valence-electron chi connectivity index (χ1n) is 6.20. The number of anilines is 2. The molecule has 0 unspecified atom stereocenters. The summed E-state index contributed by atoms with van der Waals surface area (Å²) in [5.74, 6) is 0.467. The molecular weight excluding hydrogens is 242 g/mol. The van der Waals surface area contributed by atoms with E-state index in [0.29, 0.717) is 17.2 Å². The van der Waals surface area contributed by atoms with Crippen LogP contribution < -0.4 is 10.6 Å². The van der Waals surface area contributed by atoms with Crippen molar-refractivity contribution in [1.82, 2.24) is 14.8 Å². The molecule has 2 rings (SSSR count). The van der Waals surface area contributed by atoms with E-state index >= 15 is 0 Å². The summed E-state index contributed by atoms with van der Waals surface area (Å²) < 4.78 is 1.63. The van der Waals surface area contributed by atoms with Crippen LogP contribution in [0.1, 0.15) is 23.8 Å². The van der Waals surface area contributed by atoms with E-state index in [4.69, 9.17) is 0 Å². The van der Waals surface area contributed by atoms with Crippen LogP contribution in [0, 0.1) is 0 Å². The maximum Gasteiger partial charge on any atom is 0.274 e. The highest BCUT2D eigenvalue weighted by Gasteiger charge is 2.09. The second-order valence-corrected chi connectivity index (χ2v) is 4.19. The van der Waals surface area contributed by atoms with E-state index in [-0.39, 0.29) is 5.91 Å². The summed E-state index contributed by atoms with van der Waals surface area (Å²) >= 11 is 0. The average molecular weight is 259 g/mol. The molecule has 19 heavy (non-hydrogen) atoms. The number of hydrogen-bond donors (Lipinski definition) is 2. The van der Waals surface area contributed by atoms with Gasteiger partial charge in [-0.2, -0.15) is 5.10 Å². The second-order valence-electron chi connectivity index (χ2n) is 4.19. The summed E-state index contributed by atoms with van der Waals surface area (Å²) in [7, 11) is 1.79. The van der Waals surface area contributed by atoms with Gasteiger partial charge in [0.15, 0.2) is 0 Å². The van der Waals surface area contributed by atoms with Crippen LogP contribution in [0.5, 0.6) is 0 Å². The van der Waals surface area contributed by atoms with Crippen molar-refractivity contribution in [3.05, 3.63) is 36.3 Å². The van der Waals surface area contributed by atoms with Crippen LogP contribution in [0.15, 0.2) is 30.6 Å². The number of rotatable bonds is 5. The zero-order chi connectivity index (χ0) is 13.7. The van der Waals surface area contributed by atoms with Crippen molar-refractivity contribution in [2.75, 3.05) is 17.2 Å². The van der Waals surface area contributed by atoms with Crippen LogP contribution >= 0.6 is 0 Å². The Bertz CT molecular complexity index is 564. The first-order valence-corrected chi connectivity index (χ1v) is 6.20. The highest BCUT2D eigenvalue weighted by Crippen LogP contribution is 2.09. The number of carbonyl (C=O) groups excluding carboxylic acids is 1. The molecule has 0 saturated carbocycles. The fraction of sp³-hybridized carbons (Fsp3) is 0.308. The predicted molar refractivity (Wildman–Crippen MR) is 74.2 cm³/mol. The van der Waals surface area contributed by atoms with Gasteiger partial charge < -0.3 is 10.6 Å². The van der Waals surface area contributed by atoms with Crippen LogP contribution in [0.2, 0.25) is 0 Å². The zero-order valence-corrected chi connectivity index (χ0v) is 11.1. The Labute approximate surface area is 111 Å². The lowest BCUT2D eigenvalue weighted by atomic mass is 10.3. The molecule has 1 amide bonds. The molecule has 0 aliphatic heterocycles. The van der Waals surface area contributed by atoms with Gasteiger partial charge in [0.25, 0.3) is 5.91 Å². The molecule has 6 nitrogen and oxygen atoms in total. The zero-order valence-electron chi connectivity index (χ0n) is 11.1. The maximum atomic E-state index is 12.0. The Kier molecular flexibility index (Phi) is 4.12. The van der Waals surface area contributed by atoms with Crippen molar-refractivity contribution in [3.8, 4) is 0 Å². The lowest BCUT2D eigenvalue weighted by Crippen LogP contribution is -2.14. The molecule has 0 atom stereocenters. The number of pyridine rings is 1. The van der Waals surface area contributed by atoms with Crippen molar-refractivity contribution < 1.29 is 4.79 Å². The summed E-state index contributed by atoms with van der Waals surface area (Å²) in [4.78, 5) is 16.3. The molecular formula is C13H17N5O. The lowest BCUT2D eigenvalue weighted by molar-refractivity contribution is 0.102. The summed E-state index contributed by atoms with van der Waals surface area (Å²) in [6.45, 7) is 2.91. The predicted octanol–water partition coefficient (Wildman–Crippen LogP) is 1.89. The number of aryl methyl sites for hydroxylation is 1. The molecule has 2 N–H and O–H groups in total. The SMILES string of the molecule is CCCNc1cccc(C(=O)Nc2cnn(C)c2)n1. The van der Waals surface area contributed by atoms with Gasteiger partial charge in [0, 0.05) is 19.8 Å². The highest BCUT2D eigenvalue weighted by molar-refractivity contribution is 6.02. The van der Waals surface area contributed by atoms with Crippen LogP contribution in [-0.4, -0.2) is 27.2 Å². The molecule has 2 aromatic rings. The molecule has 2 heterocycles. The Hall–Kier alpha value is -2.37. The first-order chi connectivity index (χ1) is 9.19. The van der Waals surface area contributed by atoms with E-state index in [1.54, 1.807) is 30.2 Å². The molecule has 0 aromatic carbocycles. The Morgan fingerprint density at radius 3 is 2.95 bits per heavy atom. The van der Waals surface area contributed by atoms with E-state index in [2.05, 4.69) is 27.6 Å². The molecule has 2 aromatic heterocycles. The third-order valence-electron chi connectivity index (χ3n) is 2.50. The summed E-state index contributed by atoms with van der Waals surface area (Å²) in [6.07, 6.45) is 4.34. The number of aromatic nitrogens is 3. The lowest BCUT2D eigenvalue weighted by Gasteiger charge is -2.06. The smallest absolute Gasteiger partial charge is 0.274 e. The van der Waals surface area contributed by atoms with Crippen LogP contribution in [0.4, 0.5) is 11.5 Å². The molecule has 0 aliphatic carbocycles. The molecule has 6 heteroatoms. The Morgan fingerprint density at radius 2 is 2.26 bits per heavy atom. The summed E-state index contributed by atoms with van der Waals surface area (Å²) in [6, 6.07) is 5.34. The maximum absolute atomic E-state index is 12.0. The minimum absolute atomic E-state index is 0.242. The fourth-order valence-corrected chi connectivity index (χ4v) is 1.59. The molecule has 0 bridgehead atoms. The minimum atomic E-state index is -0.242. The molecule has 0 saturated heterocycles. The Balaban J connectivity index is 2.06. The van der Waals surface area contributed by atoms with Gasteiger partial charge in [-0.15, -0.1) is 0 Å². The molecule has 0 spiro atoms. The fourth-order valence-electron chi connectivity index (χ4n) is 1.59. The standard InChI is InChI=1S/C13H17N5O/c1-3-7-14-12-6-4-5-11(17-12)13(19)16-10-8-15-18(2)9-10/h4-6,8-9H,3,7H2,1-2H3,(H,14,17)(H,16,19). The van der Waals surface area contributed by atoms with E-state index in [1.165, 1.54) is 0 Å². The first kappa shape index (κ1) is 13.1. The molecule has 0 radical (unpaired) electrons. The molecule has 100 valence electrons. The third-order valence-corrected chi connectivity index (χ3v) is 2.50. The third kappa shape index (κ3) is 3.54. The normalized spacial score (nSPS) is 10.2. The van der Waals surface area contributed by atoms with Gasteiger partial charge in [-0.25, -0.2) is 4.98 Å². The summed E-state index contributed by atoms with van der Waals surface area (Å²) in [5, 5.41) is 9.89. The van der Waals surface area contributed by atoms with Gasteiger partial charge >= 0.3 is 0 Å². The van der Waals surface area contributed by atoms with Crippen molar-refractivity contribution in [2.45, 2.75) is 13.3 Å². The molecule has 0 aliphatic rings. The van der Waals surface area contributed by atoms with Gasteiger partial charge in [0.1, 0.15) is 11.5 Å². The molecule has 0 fully saturated rings. The van der Waals surface area contributed by atoms with Crippen molar-refractivity contribution in [2.24, 2.45) is 7.05 Å². The van der Waals surface area contributed by atoms with Gasteiger partial charge in [-0.3, -0.25) is 9.48 Å². The highest BCUT2D eigenvalue weighted by atomic mass is 16.1. The minimum Gasteiger partial charge on any atom is -0.370 e. The van der Waals surface area contributed by atoms with Gasteiger partial charge in [-0.1, -0.05) is 13.0 Å². The Morgan fingerprint density at radius 1 is 1.42 bits per heavy atom. The van der Waals surface area contributed by atoms with Crippen LogP contribution in [0.25, 0.3) is 0 Å². The van der Waals surface area contributed by atoms with Gasteiger partial charge in [-0.05, 0) is 18.6 Å². The summed E-state index contributed by atoms with van der Waals surface area (Å²) in [5.41, 5.74) is 1.03. The van der Waals surface area contributed by atoms with E-state index in [0.717, 1.165) is 13.0 Å². The van der Waals surface area contributed by atoms with E-state index < -0.39 is 0 Å². The number of hydrogen-bond acceptors (Lipinski definition) is 4. The number of amides is 1. The quantitative estimate of drug-likeness (QED) is 0.860.